The van der Waals surface area contributed by atoms with Crippen molar-refractivity contribution >= 4 is 35.5 Å². The Bertz CT molecular complexity index is 467. The summed E-state index contributed by atoms with van der Waals surface area (Å²) in [5, 5.41) is 23.7. The fourth-order valence-electron chi connectivity index (χ4n) is 1.59. The lowest BCUT2D eigenvalue weighted by Crippen LogP contribution is -2.49. The molecule has 0 aromatic carbocycles. The number of nitrogens with one attached hydrogen (secondary N) is 2. The molecule has 2 amide bonds. The first-order chi connectivity index (χ1) is 11.4. The van der Waals surface area contributed by atoms with Gasteiger partial charge in [-0.05, 0) is 18.2 Å². The predicted octanol–water partition coefficient (Wildman–Crippen LogP) is 0.974. The van der Waals surface area contributed by atoms with Gasteiger partial charge in [0.15, 0.2) is 0 Å². The normalized spacial score (nSPS) is 11.9. The second-order valence-corrected chi connectivity index (χ2v) is 5.91. The lowest BCUT2D eigenvalue weighted by Gasteiger charge is -2.17. The average Bonchev–Trinajstić information content (AvgIpc) is 2.50. The largest absolute Gasteiger partial charge is 0.481 e. The monoisotopic (exact) mass is 360 g/mol. The van der Waals surface area contributed by atoms with E-state index < -0.39 is 36.3 Å². The molecular formula is C15H24N2O6S. The highest BCUT2D eigenvalue weighted by Gasteiger charge is 2.20. The fraction of sp³-hybridized carbons (Fsp3) is 0.600. The molecule has 0 aromatic rings. The summed E-state index contributed by atoms with van der Waals surface area (Å²) in [7, 11) is 0. The van der Waals surface area contributed by atoms with Gasteiger partial charge in [0.1, 0.15) is 12.6 Å². The van der Waals surface area contributed by atoms with Gasteiger partial charge in [-0.3, -0.25) is 19.2 Å². The minimum Gasteiger partial charge on any atom is -0.481 e. The van der Waals surface area contributed by atoms with E-state index in [1.807, 2.05) is 18.4 Å². The van der Waals surface area contributed by atoms with Crippen molar-refractivity contribution in [1.29, 1.82) is 0 Å². The Morgan fingerprint density at radius 3 is 2.42 bits per heavy atom. The fourth-order valence-corrected chi connectivity index (χ4v) is 2.40. The van der Waals surface area contributed by atoms with Crippen LogP contribution in [0, 0.1) is 0 Å². The first-order valence-corrected chi connectivity index (χ1v) is 8.69. The highest BCUT2D eigenvalue weighted by molar-refractivity contribution is 8.02. The maximum Gasteiger partial charge on any atom is 0.322 e. The van der Waals surface area contributed by atoms with Crippen LogP contribution in [0.5, 0.6) is 0 Å². The first kappa shape index (κ1) is 22.0. The number of carbonyl (C=O) groups is 4. The highest BCUT2D eigenvalue weighted by atomic mass is 32.2. The van der Waals surface area contributed by atoms with Gasteiger partial charge in [-0.1, -0.05) is 19.4 Å². The van der Waals surface area contributed by atoms with Crippen LogP contribution in [0.1, 0.15) is 39.0 Å². The second-order valence-electron chi connectivity index (χ2n) is 4.97. The zero-order valence-electron chi connectivity index (χ0n) is 13.6. The van der Waals surface area contributed by atoms with Crippen LogP contribution in [0.4, 0.5) is 0 Å². The Morgan fingerprint density at radius 1 is 1.12 bits per heavy atom. The van der Waals surface area contributed by atoms with Crippen LogP contribution >= 0.6 is 11.8 Å². The van der Waals surface area contributed by atoms with Gasteiger partial charge < -0.3 is 20.8 Å². The molecule has 0 spiro atoms. The van der Waals surface area contributed by atoms with E-state index in [1.54, 1.807) is 0 Å². The van der Waals surface area contributed by atoms with Crippen LogP contribution in [0.3, 0.4) is 0 Å². The van der Waals surface area contributed by atoms with Gasteiger partial charge in [0.2, 0.25) is 11.8 Å². The number of unbranched alkanes of at least 4 members (excludes halogenated alkanes) is 1. The molecule has 0 radical (unpaired) electrons. The number of carbonyl (C=O) groups excluding carboxylic acids is 2. The van der Waals surface area contributed by atoms with Gasteiger partial charge in [-0.25, -0.2) is 0 Å². The van der Waals surface area contributed by atoms with E-state index >= 15 is 0 Å². The maximum atomic E-state index is 12.0. The molecule has 1 atom stereocenters. The Kier molecular flexibility index (Phi) is 12.3. The minimum absolute atomic E-state index is 0.00858. The number of allylic oxidation sites excluding steroid dienone is 1. The molecule has 24 heavy (non-hydrogen) atoms. The van der Waals surface area contributed by atoms with E-state index in [4.69, 9.17) is 10.2 Å². The number of hydrogen-bond acceptors (Lipinski definition) is 5. The van der Waals surface area contributed by atoms with Crippen molar-refractivity contribution < 1.29 is 29.4 Å². The number of hydrogen-bond donors (Lipinski definition) is 4. The molecule has 0 saturated carbocycles. The topological polar surface area (TPSA) is 133 Å². The number of thioether (sulfide) groups is 1. The summed E-state index contributed by atoms with van der Waals surface area (Å²) >= 11 is 1.34. The van der Waals surface area contributed by atoms with Gasteiger partial charge in [0, 0.05) is 18.6 Å². The van der Waals surface area contributed by atoms with Gasteiger partial charge in [-0.15, -0.1) is 11.8 Å². The second kappa shape index (κ2) is 13.4. The van der Waals surface area contributed by atoms with Crippen LogP contribution in [0.25, 0.3) is 0 Å². The van der Waals surface area contributed by atoms with Crippen molar-refractivity contribution in [3.05, 3.63) is 11.5 Å². The van der Waals surface area contributed by atoms with E-state index in [1.165, 1.54) is 11.8 Å². The molecule has 0 aliphatic carbocycles. The summed E-state index contributed by atoms with van der Waals surface area (Å²) in [6, 6.07) is -0.877. The Labute approximate surface area is 145 Å². The molecular weight excluding hydrogens is 336 g/mol. The third kappa shape index (κ3) is 12.5. The Hall–Kier alpha value is -2.03. The van der Waals surface area contributed by atoms with Crippen molar-refractivity contribution in [3.63, 3.8) is 0 Å². The van der Waals surface area contributed by atoms with Crippen molar-refractivity contribution in [1.82, 2.24) is 10.6 Å². The number of carboxylic acids is 2. The van der Waals surface area contributed by atoms with Crippen LogP contribution in [0.15, 0.2) is 11.5 Å². The lowest BCUT2D eigenvalue weighted by atomic mass is 10.2. The molecule has 8 nitrogen and oxygen atoms in total. The standard InChI is InChI=1S/C15H24N2O6S/c1-2-3-4-8-24-10-11(15(23)16-9-14(21)22)17-12(18)6-5-7-13(19)20/h4,8,11H,2-3,5-7,9-10H2,1H3,(H,16,23)(H,17,18)(H,19,20)(H,21,22)/b8-4-/t11-/m0/s1. The first-order valence-electron chi connectivity index (χ1n) is 7.64. The number of amides is 2. The zero-order valence-corrected chi connectivity index (χ0v) is 14.4. The molecule has 0 heterocycles. The van der Waals surface area contributed by atoms with E-state index in [9.17, 15) is 19.2 Å². The molecule has 0 unspecified atom stereocenters. The Balaban J connectivity index is 4.48. The lowest BCUT2D eigenvalue weighted by molar-refractivity contribution is -0.138. The van der Waals surface area contributed by atoms with Crippen LogP contribution < -0.4 is 10.6 Å². The number of rotatable bonds is 13. The van der Waals surface area contributed by atoms with Crippen molar-refractivity contribution in [2.45, 2.75) is 45.1 Å². The number of aliphatic carboxylic acids is 2. The molecule has 0 rings (SSSR count). The highest BCUT2D eigenvalue weighted by Crippen LogP contribution is 2.07. The minimum atomic E-state index is -1.18. The third-order valence-electron chi connectivity index (χ3n) is 2.77. The molecule has 4 N–H and O–H groups in total. The SMILES string of the molecule is CCC/C=C\SC[C@H](NC(=O)CCCC(=O)O)C(=O)NCC(=O)O. The third-order valence-corrected chi connectivity index (χ3v) is 3.68. The zero-order chi connectivity index (χ0) is 18.4. The summed E-state index contributed by atoms with van der Waals surface area (Å²) in [4.78, 5) is 44.7. The predicted molar refractivity (Wildman–Crippen MR) is 90.6 cm³/mol. The summed E-state index contributed by atoms with van der Waals surface area (Å²) in [5.74, 6) is -2.93. The summed E-state index contributed by atoms with van der Waals surface area (Å²) < 4.78 is 0. The van der Waals surface area contributed by atoms with Gasteiger partial charge in [0.05, 0.1) is 0 Å². The molecule has 0 aliphatic rings. The number of carboxylic acid groups (broad SMARTS) is 2. The summed E-state index contributed by atoms with van der Waals surface area (Å²) in [5.41, 5.74) is 0. The molecule has 0 bridgehead atoms. The molecule has 136 valence electrons. The van der Waals surface area contributed by atoms with Crippen LogP contribution in [-0.2, 0) is 19.2 Å². The molecule has 0 aliphatic heterocycles. The van der Waals surface area contributed by atoms with Gasteiger partial charge >= 0.3 is 11.9 Å². The van der Waals surface area contributed by atoms with E-state index in [-0.39, 0.29) is 25.0 Å². The molecule has 9 heteroatoms. The van der Waals surface area contributed by atoms with E-state index in [0.717, 1.165) is 12.8 Å². The van der Waals surface area contributed by atoms with Gasteiger partial charge in [-0.2, -0.15) is 0 Å². The summed E-state index contributed by atoms with van der Waals surface area (Å²) in [6.45, 7) is 1.51. The van der Waals surface area contributed by atoms with E-state index in [2.05, 4.69) is 10.6 Å². The average molecular weight is 360 g/mol. The molecule has 0 aromatic heterocycles. The van der Waals surface area contributed by atoms with Crippen LogP contribution in [-0.4, -0.2) is 52.3 Å². The maximum absolute atomic E-state index is 12.0. The van der Waals surface area contributed by atoms with Crippen LogP contribution in [0.2, 0.25) is 0 Å². The Morgan fingerprint density at radius 2 is 1.83 bits per heavy atom. The quantitative estimate of drug-likeness (QED) is 0.385. The summed E-state index contributed by atoms with van der Waals surface area (Å²) in [6.07, 6.45) is 3.90. The van der Waals surface area contributed by atoms with Gasteiger partial charge in [0.25, 0.3) is 0 Å². The van der Waals surface area contributed by atoms with Crippen molar-refractivity contribution in [3.8, 4) is 0 Å². The van der Waals surface area contributed by atoms with Crippen molar-refractivity contribution in [2.75, 3.05) is 12.3 Å². The molecule has 0 saturated heterocycles. The van der Waals surface area contributed by atoms with Crippen molar-refractivity contribution in [2.24, 2.45) is 0 Å². The molecule has 0 fully saturated rings. The van der Waals surface area contributed by atoms with E-state index in [0.29, 0.717) is 0 Å². The smallest absolute Gasteiger partial charge is 0.322 e.